The van der Waals surface area contributed by atoms with Crippen molar-refractivity contribution in [3.63, 3.8) is 0 Å². The largest absolute Gasteiger partial charge is 0.497 e. The normalized spacial score (nSPS) is 10.4. The van der Waals surface area contributed by atoms with Gasteiger partial charge in [0, 0.05) is 25.2 Å². The molecule has 6 nitrogen and oxygen atoms in total. The third kappa shape index (κ3) is 3.52. The second kappa shape index (κ2) is 7.17. The summed E-state index contributed by atoms with van der Waals surface area (Å²) in [5, 5.41) is 8.64. The zero-order valence-electron chi connectivity index (χ0n) is 14.7. The van der Waals surface area contributed by atoms with E-state index in [4.69, 9.17) is 14.5 Å². The summed E-state index contributed by atoms with van der Waals surface area (Å²) >= 11 is 0. The van der Waals surface area contributed by atoms with Crippen molar-refractivity contribution < 1.29 is 9.47 Å². The summed E-state index contributed by atoms with van der Waals surface area (Å²) in [6, 6.07) is 15.4. The molecule has 0 radical (unpaired) electrons. The van der Waals surface area contributed by atoms with E-state index in [0.29, 0.717) is 5.95 Å². The molecule has 6 heteroatoms. The molecule has 0 atom stereocenters. The van der Waals surface area contributed by atoms with E-state index in [1.165, 1.54) is 0 Å². The van der Waals surface area contributed by atoms with Gasteiger partial charge in [-0.25, -0.2) is 4.98 Å². The predicted molar refractivity (Wildman–Crippen MR) is 98.1 cm³/mol. The van der Waals surface area contributed by atoms with E-state index in [0.717, 1.165) is 34.0 Å². The van der Waals surface area contributed by atoms with E-state index in [2.05, 4.69) is 10.2 Å². The van der Waals surface area contributed by atoms with Crippen LogP contribution in [0.25, 0.3) is 22.5 Å². The minimum Gasteiger partial charge on any atom is -0.497 e. The molecule has 0 bridgehead atoms. The molecule has 0 aliphatic carbocycles. The predicted octanol–water partition coefficient (Wildman–Crippen LogP) is 3.29. The van der Waals surface area contributed by atoms with E-state index in [-0.39, 0.29) is 0 Å². The first-order valence-electron chi connectivity index (χ1n) is 7.83. The maximum atomic E-state index is 5.24. The van der Waals surface area contributed by atoms with Gasteiger partial charge in [0.05, 0.1) is 14.2 Å². The topological polar surface area (TPSA) is 60.4 Å². The standard InChI is InChI=1S/C19H20N4O2/c1-23(2)19-20-17(13-5-9-15(24-3)10-6-13)18(21-22-19)14-7-11-16(25-4)12-8-14/h5-12H,1-4H3. The van der Waals surface area contributed by atoms with Crippen LogP contribution in [0.5, 0.6) is 11.5 Å². The lowest BCUT2D eigenvalue weighted by atomic mass is 10.0. The number of methoxy groups -OCH3 is 2. The molecule has 0 aliphatic rings. The van der Waals surface area contributed by atoms with E-state index < -0.39 is 0 Å². The molecule has 0 aliphatic heterocycles. The van der Waals surface area contributed by atoms with Crippen molar-refractivity contribution >= 4 is 5.95 Å². The lowest BCUT2D eigenvalue weighted by Gasteiger charge is -2.14. The Bertz CT molecular complexity index is 846. The Labute approximate surface area is 147 Å². The molecule has 0 spiro atoms. The molecule has 2 aromatic carbocycles. The van der Waals surface area contributed by atoms with Crippen LogP contribution in [0.2, 0.25) is 0 Å². The molecule has 1 heterocycles. The fourth-order valence-electron chi connectivity index (χ4n) is 2.40. The molecule has 0 unspecified atom stereocenters. The van der Waals surface area contributed by atoms with Crippen LogP contribution in [0.1, 0.15) is 0 Å². The lowest BCUT2D eigenvalue weighted by Crippen LogP contribution is -2.14. The van der Waals surface area contributed by atoms with Crippen molar-refractivity contribution in [2.45, 2.75) is 0 Å². The number of anilines is 1. The van der Waals surface area contributed by atoms with Crippen LogP contribution >= 0.6 is 0 Å². The Kier molecular flexibility index (Phi) is 4.79. The molecule has 0 amide bonds. The molecule has 1 aromatic heterocycles. The van der Waals surface area contributed by atoms with Gasteiger partial charge in [-0.3, -0.25) is 0 Å². The molecular formula is C19H20N4O2. The Balaban J connectivity index is 2.12. The number of ether oxygens (including phenoxy) is 2. The summed E-state index contributed by atoms with van der Waals surface area (Å²) in [6.07, 6.45) is 0. The van der Waals surface area contributed by atoms with E-state index in [1.54, 1.807) is 14.2 Å². The van der Waals surface area contributed by atoms with Gasteiger partial charge in [0.1, 0.15) is 22.9 Å². The van der Waals surface area contributed by atoms with Crippen LogP contribution in [0, 0.1) is 0 Å². The Hall–Kier alpha value is -3.15. The van der Waals surface area contributed by atoms with Crippen molar-refractivity contribution in [1.82, 2.24) is 15.2 Å². The van der Waals surface area contributed by atoms with Gasteiger partial charge in [-0.1, -0.05) is 0 Å². The average Bonchev–Trinajstić information content (AvgIpc) is 2.67. The number of hydrogen-bond acceptors (Lipinski definition) is 6. The Morgan fingerprint density at radius 2 is 1.16 bits per heavy atom. The summed E-state index contributed by atoms with van der Waals surface area (Å²) in [5.41, 5.74) is 3.37. The van der Waals surface area contributed by atoms with Gasteiger partial charge in [-0.05, 0) is 48.5 Å². The fourth-order valence-corrected chi connectivity index (χ4v) is 2.40. The van der Waals surface area contributed by atoms with Gasteiger partial charge >= 0.3 is 0 Å². The second-order valence-corrected chi connectivity index (χ2v) is 5.66. The maximum absolute atomic E-state index is 5.24. The molecular weight excluding hydrogens is 316 g/mol. The minimum atomic E-state index is 0.558. The molecule has 0 N–H and O–H groups in total. The second-order valence-electron chi connectivity index (χ2n) is 5.66. The number of aromatic nitrogens is 3. The van der Waals surface area contributed by atoms with Crippen molar-refractivity contribution in [3.8, 4) is 34.0 Å². The molecule has 3 rings (SSSR count). The quantitative estimate of drug-likeness (QED) is 0.712. The van der Waals surface area contributed by atoms with Gasteiger partial charge < -0.3 is 14.4 Å². The molecule has 0 fully saturated rings. The first-order valence-corrected chi connectivity index (χ1v) is 7.83. The van der Waals surface area contributed by atoms with E-state index in [9.17, 15) is 0 Å². The van der Waals surface area contributed by atoms with Gasteiger partial charge in [0.2, 0.25) is 5.95 Å². The van der Waals surface area contributed by atoms with Crippen LogP contribution in [-0.2, 0) is 0 Å². The van der Waals surface area contributed by atoms with Crippen LogP contribution in [0.3, 0.4) is 0 Å². The first kappa shape index (κ1) is 16.7. The average molecular weight is 336 g/mol. The van der Waals surface area contributed by atoms with Gasteiger partial charge in [-0.2, -0.15) is 0 Å². The van der Waals surface area contributed by atoms with Crippen LogP contribution in [0.15, 0.2) is 48.5 Å². The zero-order valence-corrected chi connectivity index (χ0v) is 14.7. The summed E-state index contributed by atoms with van der Waals surface area (Å²) in [5.74, 6) is 2.15. The third-order valence-electron chi connectivity index (χ3n) is 3.80. The maximum Gasteiger partial charge on any atom is 0.245 e. The minimum absolute atomic E-state index is 0.558. The highest BCUT2D eigenvalue weighted by Crippen LogP contribution is 2.31. The fraction of sp³-hybridized carbons (Fsp3) is 0.211. The van der Waals surface area contributed by atoms with Crippen LogP contribution in [-0.4, -0.2) is 43.5 Å². The Morgan fingerprint density at radius 3 is 1.60 bits per heavy atom. The molecule has 25 heavy (non-hydrogen) atoms. The highest BCUT2D eigenvalue weighted by Gasteiger charge is 2.14. The number of benzene rings is 2. The monoisotopic (exact) mass is 336 g/mol. The summed E-state index contributed by atoms with van der Waals surface area (Å²) < 4.78 is 10.5. The summed E-state index contributed by atoms with van der Waals surface area (Å²) in [4.78, 5) is 6.53. The highest BCUT2D eigenvalue weighted by molar-refractivity contribution is 5.78. The summed E-state index contributed by atoms with van der Waals surface area (Å²) in [6.45, 7) is 0. The van der Waals surface area contributed by atoms with Crippen molar-refractivity contribution in [3.05, 3.63) is 48.5 Å². The smallest absolute Gasteiger partial charge is 0.245 e. The molecule has 0 saturated carbocycles. The van der Waals surface area contributed by atoms with Crippen molar-refractivity contribution in [2.75, 3.05) is 33.2 Å². The van der Waals surface area contributed by atoms with E-state index >= 15 is 0 Å². The zero-order chi connectivity index (χ0) is 17.8. The van der Waals surface area contributed by atoms with Crippen molar-refractivity contribution in [2.24, 2.45) is 0 Å². The molecule has 0 saturated heterocycles. The van der Waals surface area contributed by atoms with Crippen LogP contribution < -0.4 is 14.4 Å². The molecule has 128 valence electrons. The first-order chi connectivity index (χ1) is 12.1. The lowest BCUT2D eigenvalue weighted by molar-refractivity contribution is 0.414. The highest BCUT2D eigenvalue weighted by atomic mass is 16.5. The summed E-state index contributed by atoms with van der Waals surface area (Å²) in [7, 11) is 7.07. The Morgan fingerprint density at radius 1 is 0.680 bits per heavy atom. The SMILES string of the molecule is COc1ccc(-c2nnc(N(C)C)nc2-c2ccc(OC)cc2)cc1. The van der Waals surface area contributed by atoms with E-state index in [1.807, 2.05) is 67.5 Å². The van der Waals surface area contributed by atoms with Crippen LogP contribution in [0.4, 0.5) is 5.95 Å². The van der Waals surface area contributed by atoms with Gasteiger partial charge in [-0.15, -0.1) is 10.2 Å². The van der Waals surface area contributed by atoms with Gasteiger partial charge in [0.25, 0.3) is 0 Å². The number of nitrogens with zero attached hydrogens (tertiary/aromatic N) is 4. The third-order valence-corrected chi connectivity index (χ3v) is 3.80. The number of rotatable bonds is 5. The number of hydrogen-bond donors (Lipinski definition) is 0. The van der Waals surface area contributed by atoms with Crippen molar-refractivity contribution in [1.29, 1.82) is 0 Å². The molecule has 3 aromatic rings. The van der Waals surface area contributed by atoms with Gasteiger partial charge in [0.15, 0.2) is 0 Å².